The summed E-state index contributed by atoms with van der Waals surface area (Å²) >= 11 is 1.81. The van der Waals surface area contributed by atoms with E-state index in [1.807, 2.05) is 11.9 Å². The van der Waals surface area contributed by atoms with Gasteiger partial charge in [-0.1, -0.05) is 55.7 Å². The summed E-state index contributed by atoms with van der Waals surface area (Å²) in [6.45, 7) is 6.68. The van der Waals surface area contributed by atoms with E-state index in [0.29, 0.717) is 37.3 Å². The Kier molecular flexibility index (Phi) is 10.2. The van der Waals surface area contributed by atoms with E-state index in [2.05, 4.69) is 47.8 Å². The van der Waals surface area contributed by atoms with Crippen molar-refractivity contribution in [2.75, 3.05) is 26.3 Å². The van der Waals surface area contributed by atoms with Gasteiger partial charge in [0.2, 0.25) is 0 Å². The summed E-state index contributed by atoms with van der Waals surface area (Å²) in [5, 5.41) is 14.8. The number of amides is 1. The van der Waals surface area contributed by atoms with Gasteiger partial charge in [-0.15, -0.1) is 0 Å². The van der Waals surface area contributed by atoms with Gasteiger partial charge in [0.05, 0.1) is 31.3 Å². The number of aliphatic hydroxyl groups is 1. The van der Waals surface area contributed by atoms with E-state index >= 15 is 0 Å². The van der Waals surface area contributed by atoms with Gasteiger partial charge in [-0.2, -0.15) is 0 Å². The van der Waals surface area contributed by atoms with Crippen molar-refractivity contribution < 1.29 is 24.1 Å². The molecule has 8 nitrogen and oxygen atoms in total. The zero-order valence-electron chi connectivity index (χ0n) is 21.6. The highest BCUT2D eigenvalue weighted by atomic mass is 32.2. The van der Waals surface area contributed by atoms with Crippen LogP contribution in [0.2, 0.25) is 0 Å². The van der Waals surface area contributed by atoms with E-state index in [0.717, 1.165) is 56.3 Å². The molecule has 202 valence electrons. The lowest BCUT2D eigenvalue weighted by molar-refractivity contribution is -0.0907. The molecule has 2 aliphatic carbocycles. The molecule has 0 radical (unpaired) electrons. The molecule has 0 aromatic carbocycles. The van der Waals surface area contributed by atoms with Gasteiger partial charge in [0, 0.05) is 24.0 Å². The molecule has 2 aliphatic heterocycles. The molecule has 0 bridgehead atoms. The maximum Gasteiger partial charge on any atom is 0.407 e. The Bertz CT molecular complexity index is 832. The van der Waals surface area contributed by atoms with Gasteiger partial charge in [-0.3, -0.25) is 0 Å². The average molecular weight is 522 g/mol. The summed E-state index contributed by atoms with van der Waals surface area (Å²) in [6, 6.07) is -0.457. The van der Waals surface area contributed by atoms with Crippen LogP contribution in [0.3, 0.4) is 0 Å². The summed E-state index contributed by atoms with van der Waals surface area (Å²) in [5.74, 6) is 0.540. The third-order valence-corrected chi connectivity index (χ3v) is 8.52. The SMILES string of the molecule is CC(C)CN(CC(O)[C@H](CC1=CCCC=C1)NC(=O)O[C@H]1CO[C@H]2OCC[C@H]21)SC1CC=C(N)CC1. The molecule has 2 unspecified atom stereocenters. The summed E-state index contributed by atoms with van der Waals surface area (Å²) in [4.78, 5) is 12.9. The van der Waals surface area contributed by atoms with Crippen LogP contribution in [-0.2, 0) is 14.2 Å². The third-order valence-electron chi connectivity index (χ3n) is 7.19. The molecule has 1 amide bonds. The molecular weight excluding hydrogens is 478 g/mol. The highest BCUT2D eigenvalue weighted by molar-refractivity contribution is 7.97. The molecule has 0 spiro atoms. The topological polar surface area (TPSA) is 106 Å². The number of ether oxygens (including phenoxy) is 3. The van der Waals surface area contributed by atoms with Gasteiger partial charge in [-0.25, -0.2) is 9.10 Å². The monoisotopic (exact) mass is 521 g/mol. The predicted octanol–water partition coefficient (Wildman–Crippen LogP) is 3.87. The second kappa shape index (κ2) is 13.3. The largest absolute Gasteiger partial charge is 0.443 e. The van der Waals surface area contributed by atoms with Crippen LogP contribution in [0.4, 0.5) is 4.79 Å². The minimum absolute atomic E-state index is 0.0830. The Labute approximate surface area is 219 Å². The number of rotatable bonds is 11. The highest BCUT2D eigenvalue weighted by Gasteiger charge is 2.44. The van der Waals surface area contributed by atoms with Crippen molar-refractivity contribution >= 4 is 18.0 Å². The Morgan fingerprint density at radius 1 is 1.28 bits per heavy atom. The smallest absolute Gasteiger partial charge is 0.407 e. The Morgan fingerprint density at radius 2 is 2.14 bits per heavy atom. The summed E-state index contributed by atoms with van der Waals surface area (Å²) in [5.41, 5.74) is 8.08. The number of nitrogens with zero attached hydrogens (tertiary/aromatic N) is 1. The highest BCUT2D eigenvalue weighted by Crippen LogP contribution is 2.33. The second-order valence-electron chi connectivity index (χ2n) is 10.8. The lowest BCUT2D eigenvalue weighted by Crippen LogP contribution is -2.49. The van der Waals surface area contributed by atoms with Crippen molar-refractivity contribution in [3.8, 4) is 0 Å². The van der Waals surface area contributed by atoms with Crippen LogP contribution in [-0.4, -0.2) is 71.6 Å². The lowest BCUT2D eigenvalue weighted by atomic mass is 9.97. The van der Waals surface area contributed by atoms with E-state index < -0.39 is 18.2 Å². The van der Waals surface area contributed by atoms with Crippen molar-refractivity contribution in [2.45, 2.75) is 88.6 Å². The number of nitrogens with two attached hydrogens (primary N) is 1. The van der Waals surface area contributed by atoms with Gasteiger partial charge in [0.1, 0.15) is 6.10 Å². The van der Waals surface area contributed by atoms with Crippen LogP contribution in [0.25, 0.3) is 0 Å². The van der Waals surface area contributed by atoms with E-state index in [-0.39, 0.29) is 18.3 Å². The number of hydrogen-bond acceptors (Lipinski definition) is 8. The molecule has 4 aliphatic rings. The minimum atomic E-state index is -0.744. The fourth-order valence-corrected chi connectivity index (χ4v) is 6.72. The normalized spacial score (nSPS) is 29.6. The molecule has 2 saturated heterocycles. The molecule has 0 aromatic heterocycles. The molecule has 9 heteroatoms. The van der Waals surface area contributed by atoms with Crippen LogP contribution in [0.1, 0.15) is 58.8 Å². The third kappa shape index (κ3) is 7.99. The molecular formula is C27H43N3O5S. The zero-order chi connectivity index (χ0) is 25.5. The summed E-state index contributed by atoms with van der Waals surface area (Å²) in [6.07, 6.45) is 13.0. The van der Waals surface area contributed by atoms with Crippen molar-refractivity contribution in [1.82, 2.24) is 9.62 Å². The Balaban J connectivity index is 1.38. The number of allylic oxidation sites excluding steroid dienone is 5. The Hall–Kier alpha value is -1.52. The maximum absolute atomic E-state index is 12.9. The number of aliphatic hydroxyl groups excluding tert-OH is 1. The molecule has 2 fully saturated rings. The van der Waals surface area contributed by atoms with Crippen LogP contribution in [0.5, 0.6) is 0 Å². The van der Waals surface area contributed by atoms with Crippen molar-refractivity contribution in [3.63, 3.8) is 0 Å². The van der Waals surface area contributed by atoms with Gasteiger partial charge >= 0.3 is 6.09 Å². The molecule has 4 rings (SSSR count). The molecule has 2 heterocycles. The van der Waals surface area contributed by atoms with Crippen LogP contribution in [0.15, 0.2) is 35.6 Å². The number of nitrogens with one attached hydrogen (secondary N) is 1. The van der Waals surface area contributed by atoms with Crippen LogP contribution < -0.4 is 11.1 Å². The first kappa shape index (κ1) is 27.5. The molecule has 6 atom stereocenters. The van der Waals surface area contributed by atoms with Gasteiger partial charge in [0.15, 0.2) is 6.29 Å². The standard InChI is InChI=1S/C27H43N3O5S/c1-18(2)15-30(36-21-10-8-20(28)9-11-21)16-24(31)23(14-19-6-4-3-5-7-19)29-27(32)35-25-17-34-26-22(25)12-13-33-26/h4,6-8,18,21-26,31H,3,5,9-17,28H2,1-2H3,(H,29,32)/t21?,22-,23-,24?,25-,26+/m0/s1. The predicted molar refractivity (Wildman–Crippen MR) is 142 cm³/mol. The van der Waals surface area contributed by atoms with Crippen molar-refractivity contribution in [3.05, 3.63) is 35.6 Å². The molecule has 36 heavy (non-hydrogen) atoms. The fourth-order valence-electron chi connectivity index (χ4n) is 5.27. The maximum atomic E-state index is 12.9. The molecule has 0 saturated carbocycles. The number of alkyl carbamates (subject to hydrolysis) is 1. The average Bonchev–Trinajstić information content (AvgIpc) is 3.45. The lowest BCUT2D eigenvalue weighted by Gasteiger charge is -2.33. The zero-order valence-corrected chi connectivity index (χ0v) is 22.5. The molecule has 0 aromatic rings. The summed E-state index contributed by atoms with van der Waals surface area (Å²) in [7, 11) is 0. The van der Waals surface area contributed by atoms with E-state index in [4.69, 9.17) is 19.9 Å². The fraction of sp³-hybridized carbons (Fsp3) is 0.741. The number of fused-ring (bicyclic) bond motifs is 1. The van der Waals surface area contributed by atoms with E-state index in [1.165, 1.54) is 0 Å². The number of carbonyl (C=O) groups excluding carboxylic acids is 1. The first-order chi connectivity index (χ1) is 17.4. The number of hydrogen-bond donors (Lipinski definition) is 3. The van der Waals surface area contributed by atoms with Crippen molar-refractivity contribution in [1.29, 1.82) is 0 Å². The first-order valence-corrected chi connectivity index (χ1v) is 14.3. The summed E-state index contributed by atoms with van der Waals surface area (Å²) < 4.78 is 19.2. The van der Waals surface area contributed by atoms with E-state index in [1.54, 1.807) is 0 Å². The number of carbonyl (C=O) groups is 1. The van der Waals surface area contributed by atoms with E-state index in [9.17, 15) is 9.90 Å². The molecule has 4 N–H and O–H groups in total. The first-order valence-electron chi connectivity index (χ1n) is 13.5. The van der Waals surface area contributed by atoms with Crippen LogP contribution in [0, 0.1) is 11.8 Å². The van der Waals surface area contributed by atoms with Gasteiger partial charge in [-0.05, 0) is 50.9 Å². The van der Waals surface area contributed by atoms with Crippen molar-refractivity contribution in [2.24, 2.45) is 17.6 Å². The minimum Gasteiger partial charge on any atom is -0.443 e. The van der Waals surface area contributed by atoms with Gasteiger partial charge in [0.25, 0.3) is 0 Å². The quantitative estimate of drug-likeness (QED) is 0.352. The van der Waals surface area contributed by atoms with Crippen LogP contribution >= 0.6 is 11.9 Å². The second-order valence-corrected chi connectivity index (χ2v) is 12.2. The van der Waals surface area contributed by atoms with Gasteiger partial charge < -0.3 is 30.4 Å². The Morgan fingerprint density at radius 3 is 2.86 bits per heavy atom.